The molecular formula is C8H8BrN3O2S. The van der Waals surface area contributed by atoms with Gasteiger partial charge >= 0.3 is 0 Å². The maximum atomic E-state index is 11.5. The van der Waals surface area contributed by atoms with Gasteiger partial charge in [-0.2, -0.15) is 0 Å². The van der Waals surface area contributed by atoms with Crippen LogP contribution in [-0.4, -0.2) is 14.2 Å². The second-order valence-corrected chi connectivity index (χ2v) is 5.84. The van der Waals surface area contributed by atoms with Gasteiger partial charge in [-0.1, -0.05) is 28.0 Å². The fourth-order valence-corrected chi connectivity index (χ4v) is 2.20. The molecule has 5 nitrogen and oxygen atoms in total. The SMILES string of the molecule is CCS(=O)(=O)c1ccc(Br)c(N=[N+]=[N-])c1. The van der Waals surface area contributed by atoms with E-state index in [0.29, 0.717) is 4.47 Å². The highest BCUT2D eigenvalue weighted by atomic mass is 79.9. The van der Waals surface area contributed by atoms with E-state index in [9.17, 15) is 8.42 Å². The van der Waals surface area contributed by atoms with Gasteiger partial charge in [0.05, 0.1) is 16.3 Å². The van der Waals surface area contributed by atoms with Crippen LogP contribution in [0, 0.1) is 0 Å². The van der Waals surface area contributed by atoms with Crippen LogP contribution in [0.2, 0.25) is 0 Å². The molecule has 0 saturated carbocycles. The summed E-state index contributed by atoms with van der Waals surface area (Å²) in [7, 11) is -3.26. The summed E-state index contributed by atoms with van der Waals surface area (Å²) in [6.45, 7) is 1.56. The van der Waals surface area contributed by atoms with E-state index in [1.165, 1.54) is 12.1 Å². The highest BCUT2D eigenvalue weighted by molar-refractivity contribution is 9.10. The van der Waals surface area contributed by atoms with Crippen molar-refractivity contribution >= 4 is 31.5 Å². The molecule has 0 heterocycles. The Balaban J connectivity index is 3.37. The van der Waals surface area contributed by atoms with Crippen LogP contribution in [0.15, 0.2) is 32.7 Å². The van der Waals surface area contributed by atoms with E-state index < -0.39 is 9.84 Å². The Bertz CT molecular complexity index is 521. The maximum absolute atomic E-state index is 11.5. The van der Waals surface area contributed by atoms with E-state index in [-0.39, 0.29) is 16.3 Å². The lowest BCUT2D eigenvalue weighted by atomic mass is 10.3. The van der Waals surface area contributed by atoms with Gasteiger partial charge in [0.15, 0.2) is 9.84 Å². The predicted molar refractivity (Wildman–Crippen MR) is 60.7 cm³/mol. The third-order valence-corrected chi connectivity index (χ3v) is 4.21. The molecule has 0 aliphatic carbocycles. The number of rotatable bonds is 3. The van der Waals surface area contributed by atoms with Crippen molar-refractivity contribution < 1.29 is 8.42 Å². The average molecular weight is 290 g/mol. The summed E-state index contributed by atoms with van der Waals surface area (Å²) in [5.41, 5.74) is 8.55. The zero-order valence-electron chi connectivity index (χ0n) is 7.88. The summed E-state index contributed by atoms with van der Waals surface area (Å²) in [4.78, 5) is 2.78. The molecule has 1 rings (SSSR count). The zero-order chi connectivity index (χ0) is 11.5. The maximum Gasteiger partial charge on any atom is 0.178 e. The number of nitrogens with zero attached hydrogens (tertiary/aromatic N) is 3. The Morgan fingerprint density at radius 2 is 2.20 bits per heavy atom. The van der Waals surface area contributed by atoms with E-state index in [1.807, 2.05) is 0 Å². The lowest BCUT2D eigenvalue weighted by Gasteiger charge is -2.03. The van der Waals surface area contributed by atoms with Crippen molar-refractivity contribution in [2.45, 2.75) is 11.8 Å². The average Bonchev–Trinajstić information content (AvgIpc) is 2.21. The molecule has 0 fully saturated rings. The molecule has 1 aromatic rings. The van der Waals surface area contributed by atoms with E-state index in [4.69, 9.17) is 5.53 Å². The lowest BCUT2D eigenvalue weighted by molar-refractivity contribution is 0.597. The van der Waals surface area contributed by atoms with Crippen molar-refractivity contribution in [2.24, 2.45) is 5.11 Å². The first kappa shape index (κ1) is 12.0. The normalized spacial score (nSPS) is 10.8. The number of benzene rings is 1. The third-order valence-electron chi connectivity index (χ3n) is 1.81. The van der Waals surface area contributed by atoms with Gasteiger partial charge < -0.3 is 0 Å². The Labute approximate surface area is 95.8 Å². The second kappa shape index (κ2) is 4.65. The summed E-state index contributed by atoms with van der Waals surface area (Å²) >= 11 is 3.16. The number of hydrogen-bond donors (Lipinski definition) is 0. The van der Waals surface area contributed by atoms with Crippen LogP contribution < -0.4 is 0 Å². The Hall–Kier alpha value is -1.04. The van der Waals surface area contributed by atoms with E-state index in [0.717, 1.165) is 0 Å². The fourth-order valence-electron chi connectivity index (χ4n) is 0.977. The summed E-state index contributed by atoms with van der Waals surface area (Å²) in [5.74, 6) is 0.0182. The van der Waals surface area contributed by atoms with Crippen LogP contribution in [-0.2, 0) is 9.84 Å². The molecule has 0 radical (unpaired) electrons. The largest absolute Gasteiger partial charge is 0.224 e. The summed E-state index contributed by atoms with van der Waals surface area (Å²) in [6, 6.07) is 4.37. The van der Waals surface area contributed by atoms with Crippen LogP contribution in [0.5, 0.6) is 0 Å². The van der Waals surface area contributed by atoms with Gasteiger partial charge in [0.1, 0.15) is 0 Å². The minimum atomic E-state index is -3.26. The van der Waals surface area contributed by atoms with Gasteiger partial charge in [0, 0.05) is 9.38 Å². The van der Waals surface area contributed by atoms with E-state index >= 15 is 0 Å². The molecule has 0 spiro atoms. The topological polar surface area (TPSA) is 82.9 Å². The number of azide groups is 1. The first-order valence-corrected chi connectivity index (χ1v) is 6.53. The van der Waals surface area contributed by atoms with Crippen LogP contribution in [0.3, 0.4) is 0 Å². The first-order chi connectivity index (χ1) is 7.01. The molecule has 0 saturated heterocycles. The highest BCUT2D eigenvalue weighted by Gasteiger charge is 2.12. The highest BCUT2D eigenvalue weighted by Crippen LogP contribution is 2.28. The number of hydrogen-bond acceptors (Lipinski definition) is 3. The molecule has 0 amide bonds. The number of sulfone groups is 1. The molecule has 0 unspecified atom stereocenters. The zero-order valence-corrected chi connectivity index (χ0v) is 10.3. The quantitative estimate of drug-likeness (QED) is 0.486. The first-order valence-electron chi connectivity index (χ1n) is 4.08. The summed E-state index contributed by atoms with van der Waals surface area (Å²) in [6.07, 6.45) is 0. The molecule has 7 heteroatoms. The minimum Gasteiger partial charge on any atom is -0.224 e. The van der Waals surface area contributed by atoms with Gasteiger partial charge in [-0.15, -0.1) is 0 Å². The molecule has 1 aromatic carbocycles. The molecule has 0 atom stereocenters. The van der Waals surface area contributed by atoms with Gasteiger partial charge in [-0.3, -0.25) is 0 Å². The molecule has 0 N–H and O–H groups in total. The smallest absolute Gasteiger partial charge is 0.178 e. The minimum absolute atomic E-state index is 0.0182. The van der Waals surface area contributed by atoms with Crippen molar-refractivity contribution in [3.63, 3.8) is 0 Å². The number of halogens is 1. The molecule has 0 aliphatic heterocycles. The van der Waals surface area contributed by atoms with Crippen molar-refractivity contribution in [3.8, 4) is 0 Å². The Morgan fingerprint density at radius 1 is 1.53 bits per heavy atom. The second-order valence-electron chi connectivity index (χ2n) is 2.71. The van der Waals surface area contributed by atoms with Crippen LogP contribution >= 0.6 is 15.9 Å². The Kier molecular flexibility index (Phi) is 3.73. The molecule has 0 bridgehead atoms. The van der Waals surface area contributed by atoms with Gasteiger partial charge in [-0.25, -0.2) is 8.42 Å². The predicted octanol–water partition coefficient (Wildman–Crippen LogP) is 3.18. The lowest BCUT2D eigenvalue weighted by Crippen LogP contribution is -2.03. The van der Waals surface area contributed by atoms with Gasteiger partial charge in [0.2, 0.25) is 0 Å². The molecule has 0 aliphatic rings. The Morgan fingerprint density at radius 3 is 2.73 bits per heavy atom. The van der Waals surface area contributed by atoms with Crippen LogP contribution in [0.4, 0.5) is 5.69 Å². The molecule has 15 heavy (non-hydrogen) atoms. The standard InChI is InChI=1S/C8H8BrN3O2S/c1-2-15(13,14)6-3-4-7(9)8(5-6)11-12-10/h3-5H,2H2,1H3. The van der Waals surface area contributed by atoms with E-state index in [2.05, 4.69) is 26.0 Å². The van der Waals surface area contributed by atoms with Crippen LogP contribution in [0.25, 0.3) is 10.4 Å². The van der Waals surface area contributed by atoms with Gasteiger partial charge in [-0.05, 0) is 23.7 Å². The summed E-state index contributed by atoms with van der Waals surface area (Å²) < 4.78 is 23.6. The monoisotopic (exact) mass is 289 g/mol. The van der Waals surface area contributed by atoms with Crippen molar-refractivity contribution in [2.75, 3.05) is 5.75 Å². The molecule has 0 aromatic heterocycles. The van der Waals surface area contributed by atoms with Gasteiger partial charge in [0.25, 0.3) is 0 Å². The summed E-state index contributed by atoms with van der Waals surface area (Å²) in [5, 5.41) is 3.38. The van der Waals surface area contributed by atoms with Crippen molar-refractivity contribution in [1.29, 1.82) is 0 Å². The van der Waals surface area contributed by atoms with Crippen molar-refractivity contribution in [1.82, 2.24) is 0 Å². The van der Waals surface area contributed by atoms with E-state index in [1.54, 1.807) is 13.0 Å². The third kappa shape index (κ3) is 2.71. The van der Waals surface area contributed by atoms with Crippen molar-refractivity contribution in [3.05, 3.63) is 33.1 Å². The molecular weight excluding hydrogens is 282 g/mol. The fraction of sp³-hybridized carbons (Fsp3) is 0.250. The molecule has 80 valence electrons. The van der Waals surface area contributed by atoms with Crippen LogP contribution in [0.1, 0.15) is 6.92 Å².